The molecule has 0 aliphatic carbocycles. The SMILES string of the molecule is CC(c1cc2ccccn2c1C#CCN(C)C)n1nc(-c2cc(O)cc(F)c2)c2c(N)ncnc21. The van der Waals surface area contributed by atoms with Crippen LogP contribution in [-0.2, 0) is 0 Å². The first kappa shape index (κ1) is 22.4. The Morgan fingerprint density at radius 1 is 1.17 bits per heavy atom. The maximum absolute atomic E-state index is 14.1. The smallest absolute Gasteiger partial charge is 0.164 e. The Hall–Kier alpha value is -4.42. The lowest BCUT2D eigenvalue weighted by molar-refractivity contribution is 0.464. The molecule has 0 radical (unpaired) electrons. The first-order valence-corrected chi connectivity index (χ1v) is 11.1. The molecule has 0 fully saturated rings. The van der Waals surface area contributed by atoms with Gasteiger partial charge in [0.1, 0.15) is 35.1 Å². The molecule has 8 nitrogen and oxygen atoms in total. The Balaban J connectivity index is 1.72. The van der Waals surface area contributed by atoms with Crippen LogP contribution in [0.2, 0.25) is 0 Å². The zero-order valence-corrected chi connectivity index (χ0v) is 19.6. The average Bonchev–Trinajstić information content (AvgIpc) is 3.38. The lowest BCUT2D eigenvalue weighted by atomic mass is 10.1. The summed E-state index contributed by atoms with van der Waals surface area (Å²) in [6.45, 7) is 2.62. The summed E-state index contributed by atoms with van der Waals surface area (Å²) < 4.78 is 17.9. The molecule has 0 saturated carbocycles. The highest BCUT2D eigenvalue weighted by molar-refractivity contribution is 5.98. The number of aromatic hydroxyl groups is 1. The summed E-state index contributed by atoms with van der Waals surface area (Å²) in [5, 5.41) is 15.3. The molecule has 35 heavy (non-hydrogen) atoms. The molecular formula is C26H24FN7O. The quantitative estimate of drug-likeness (QED) is 0.390. The molecular weight excluding hydrogens is 445 g/mol. The van der Waals surface area contributed by atoms with Crippen molar-refractivity contribution < 1.29 is 9.50 Å². The number of rotatable bonds is 4. The van der Waals surface area contributed by atoms with Gasteiger partial charge < -0.3 is 15.2 Å². The van der Waals surface area contributed by atoms with Crippen molar-refractivity contribution >= 4 is 22.4 Å². The van der Waals surface area contributed by atoms with E-state index < -0.39 is 5.82 Å². The van der Waals surface area contributed by atoms with Gasteiger partial charge in [-0.3, -0.25) is 4.90 Å². The van der Waals surface area contributed by atoms with Gasteiger partial charge in [0.25, 0.3) is 0 Å². The normalized spacial score (nSPS) is 12.3. The Kier molecular flexibility index (Phi) is 5.59. The summed E-state index contributed by atoms with van der Waals surface area (Å²) >= 11 is 0. The fourth-order valence-corrected chi connectivity index (χ4v) is 4.19. The highest BCUT2D eigenvalue weighted by Gasteiger charge is 2.24. The molecule has 5 aromatic rings. The first-order chi connectivity index (χ1) is 16.8. The molecule has 0 amide bonds. The molecule has 0 bridgehead atoms. The summed E-state index contributed by atoms with van der Waals surface area (Å²) in [5.41, 5.74) is 10.3. The van der Waals surface area contributed by atoms with E-state index in [-0.39, 0.29) is 17.6 Å². The highest BCUT2D eigenvalue weighted by Crippen LogP contribution is 2.35. The number of benzene rings is 1. The molecule has 0 aliphatic heterocycles. The predicted molar refractivity (Wildman–Crippen MR) is 133 cm³/mol. The van der Waals surface area contributed by atoms with E-state index in [0.717, 1.165) is 22.8 Å². The van der Waals surface area contributed by atoms with E-state index in [0.29, 0.717) is 28.8 Å². The third-order valence-electron chi connectivity index (χ3n) is 5.80. The number of nitrogens with two attached hydrogens (primary N) is 1. The van der Waals surface area contributed by atoms with Crippen molar-refractivity contribution in [2.45, 2.75) is 13.0 Å². The van der Waals surface area contributed by atoms with Gasteiger partial charge in [0, 0.05) is 28.9 Å². The topological polar surface area (TPSA) is 97.5 Å². The van der Waals surface area contributed by atoms with Crippen molar-refractivity contribution in [2.24, 2.45) is 0 Å². The van der Waals surface area contributed by atoms with Crippen molar-refractivity contribution in [3.63, 3.8) is 0 Å². The summed E-state index contributed by atoms with van der Waals surface area (Å²) in [7, 11) is 3.94. The zero-order chi connectivity index (χ0) is 24.7. The molecule has 1 atom stereocenters. The second-order valence-electron chi connectivity index (χ2n) is 8.61. The number of phenolic OH excluding ortho intramolecular Hbond substituents is 1. The number of aromatic nitrogens is 5. The van der Waals surface area contributed by atoms with E-state index in [2.05, 4.69) is 32.3 Å². The third-order valence-corrected chi connectivity index (χ3v) is 5.80. The van der Waals surface area contributed by atoms with Gasteiger partial charge in [0.15, 0.2) is 5.65 Å². The van der Waals surface area contributed by atoms with Crippen LogP contribution in [-0.4, -0.2) is 54.8 Å². The minimum absolute atomic E-state index is 0.205. The van der Waals surface area contributed by atoms with E-state index in [9.17, 15) is 9.50 Å². The van der Waals surface area contributed by atoms with Crippen LogP contribution in [0.5, 0.6) is 5.75 Å². The van der Waals surface area contributed by atoms with Gasteiger partial charge in [0.2, 0.25) is 0 Å². The van der Waals surface area contributed by atoms with Crippen molar-refractivity contribution in [2.75, 3.05) is 26.4 Å². The Morgan fingerprint density at radius 2 is 2.00 bits per heavy atom. The van der Waals surface area contributed by atoms with Crippen molar-refractivity contribution in [1.29, 1.82) is 0 Å². The van der Waals surface area contributed by atoms with Crippen LogP contribution in [0.1, 0.15) is 24.2 Å². The van der Waals surface area contributed by atoms with Crippen LogP contribution in [0.25, 0.3) is 27.8 Å². The lowest BCUT2D eigenvalue weighted by Crippen LogP contribution is -2.12. The number of hydrogen-bond acceptors (Lipinski definition) is 6. The van der Waals surface area contributed by atoms with Gasteiger partial charge in [-0.2, -0.15) is 5.10 Å². The minimum Gasteiger partial charge on any atom is -0.508 e. The number of phenols is 1. The molecule has 1 unspecified atom stereocenters. The zero-order valence-electron chi connectivity index (χ0n) is 19.6. The van der Waals surface area contributed by atoms with Crippen LogP contribution in [0, 0.1) is 17.7 Å². The van der Waals surface area contributed by atoms with E-state index in [4.69, 9.17) is 10.8 Å². The van der Waals surface area contributed by atoms with Crippen molar-refractivity contribution in [1.82, 2.24) is 29.0 Å². The van der Waals surface area contributed by atoms with Crippen LogP contribution in [0.3, 0.4) is 0 Å². The summed E-state index contributed by atoms with van der Waals surface area (Å²) in [6, 6.07) is 11.5. The number of hydrogen-bond donors (Lipinski definition) is 2. The molecule has 0 saturated heterocycles. The van der Waals surface area contributed by atoms with Crippen LogP contribution in [0.15, 0.2) is 55.0 Å². The van der Waals surface area contributed by atoms with Gasteiger partial charge in [0.05, 0.1) is 18.0 Å². The Labute approximate surface area is 201 Å². The summed E-state index contributed by atoms with van der Waals surface area (Å²) in [6.07, 6.45) is 3.36. The van der Waals surface area contributed by atoms with E-state index in [1.165, 1.54) is 18.5 Å². The van der Waals surface area contributed by atoms with Crippen LogP contribution in [0.4, 0.5) is 10.2 Å². The fraction of sp³-hybridized carbons (Fsp3) is 0.192. The maximum Gasteiger partial charge on any atom is 0.164 e. The third kappa shape index (κ3) is 4.05. The Bertz CT molecular complexity index is 1600. The van der Waals surface area contributed by atoms with Gasteiger partial charge >= 0.3 is 0 Å². The first-order valence-electron chi connectivity index (χ1n) is 11.1. The number of pyridine rings is 1. The maximum atomic E-state index is 14.1. The largest absolute Gasteiger partial charge is 0.508 e. The molecule has 0 aliphatic rings. The highest BCUT2D eigenvalue weighted by atomic mass is 19.1. The number of nitrogens with zero attached hydrogens (tertiary/aromatic N) is 6. The predicted octanol–water partition coefficient (Wildman–Crippen LogP) is 3.70. The Morgan fingerprint density at radius 3 is 2.77 bits per heavy atom. The molecule has 4 heterocycles. The number of fused-ring (bicyclic) bond motifs is 2. The van der Waals surface area contributed by atoms with Gasteiger partial charge in [-0.25, -0.2) is 19.0 Å². The molecule has 4 aromatic heterocycles. The van der Waals surface area contributed by atoms with Gasteiger partial charge in [-0.05, 0) is 57.3 Å². The summed E-state index contributed by atoms with van der Waals surface area (Å²) in [4.78, 5) is 10.6. The standard InChI is InChI=1S/C26H24FN7O/c1-16(21-14-19-7-4-5-10-33(19)22(21)8-6-9-32(2)3)34-26-23(25(28)29-15-30-26)24(31-34)17-11-18(27)13-20(35)12-17/h4-5,7,10-16,35H,9H2,1-3H3,(H2,28,29,30). The van der Waals surface area contributed by atoms with E-state index in [1.807, 2.05) is 50.3 Å². The monoisotopic (exact) mass is 469 g/mol. The van der Waals surface area contributed by atoms with Crippen LogP contribution < -0.4 is 5.73 Å². The number of anilines is 1. The second-order valence-corrected chi connectivity index (χ2v) is 8.61. The average molecular weight is 470 g/mol. The number of halogens is 1. The van der Waals surface area contributed by atoms with Crippen molar-refractivity contribution in [3.8, 4) is 28.8 Å². The van der Waals surface area contributed by atoms with E-state index >= 15 is 0 Å². The van der Waals surface area contributed by atoms with Gasteiger partial charge in [-0.15, -0.1) is 0 Å². The molecule has 1 aromatic carbocycles. The number of nitrogen functional groups attached to an aromatic ring is 1. The molecule has 5 rings (SSSR count). The lowest BCUT2D eigenvalue weighted by Gasteiger charge is -2.13. The molecule has 3 N–H and O–H groups in total. The molecule has 0 spiro atoms. The van der Waals surface area contributed by atoms with Gasteiger partial charge in [-0.1, -0.05) is 12.0 Å². The summed E-state index contributed by atoms with van der Waals surface area (Å²) in [5.74, 6) is 5.98. The minimum atomic E-state index is -0.580. The molecule has 9 heteroatoms. The second kappa shape index (κ2) is 8.74. The van der Waals surface area contributed by atoms with Crippen LogP contribution >= 0.6 is 0 Å². The fourth-order valence-electron chi connectivity index (χ4n) is 4.19. The van der Waals surface area contributed by atoms with Crippen molar-refractivity contribution in [3.05, 3.63) is 72.1 Å². The molecule has 176 valence electrons. The van der Waals surface area contributed by atoms with E-state index in [1.54, 1.807) is 4.68 Å².